The fourth-order valence-corrected chi connectivity index (χ4v) is 1.05. The fourth-order valence-electron chi connectivity index (χ4n) is 1.05. The van der Waals surface area contributed by atoms with Crippen LogP contribution in [-0.2, 0) is 0 Å². The Hall–Kier alpha value is -1.91. The highest BCUT2D eigenvalue weighted by Gasteiger charge is 2.00. The van der Waals surface area contributed by atoms with Gasteiger partial charge in [-0.3, -0.25) is 0 Å². The molecule has 0 aromatic carbocycles. The predicted molar refractivity (Wildman–Crippen MR) is 47.9 cm³/mol. The van der Waals surface area contributed by atoms with E-state index in [1.54, 1.807) is 25.4 Å². The minimum atomic E-state index is -0.386. The Kier molecular flexibility index (Phi) is 2.14. The van der Waals surface area contributed by atoms with Gasteiger partial charge in [-0.2, -0.15) is 5.10 Å². The Morgan fingerprint density at radius 2 is 2.21 bits per heavy atom. The zero-order valence-corrected chi connectivity index (χ0v) is 7.51. The number of ether oxygens (including phenoxy) is 1. The van der Waals surface area contributed by atoms with Crippen LogP contribution in [0.3, 0.4) is 0 Å². The third-order valence-electron chi connectivity index (χ3n) is 1.74. The van der Waals surface area contributed by atoms with Crippen molar-refractivity contribution in [2.45, 2.75) is 0 Å². The molecule has 2 heterocycles. The van der Waals surface area contributed by atoms with Gasteiger partial charge < -0.3 is 4.74 Å². The van der Waals surface area contributed by atoms with Crippen LogP contribution in [0.5, 0.6) is 5.75 Å². The van der Waals surface area contributed by atoms with Gasteiger partial charge >= 0.3 is 0 Å². The monoisotopic (exact) mass is 193 g/mol. The number of pyridine rings is 1. The fraction of sp³-hybridized carbons (Fsp3) is 0.111. The molecule has 5 heteroatoms. The Bertz CT molecular complexity index is 424. The van der Waals surface area contributed by atoms with Gasteiger partial charge in [-0.25, -0.2) is 14.1 Å². The number of methoxy groups -OCH3 is 1. The van der Waals surface area contributed by atoms with E-state index in [-0.39, 0.29) is 5.82 Å². The summed E-state index contributed by atoms with van der Waals surface area (Å²) in [6.07, 6.45) is 3.94. The summed E-state index contributed by atoms with van der Waals surface area (Å²) in [7, 11) is 1.56. The number of nitrogens with zero attached hydrogens (tertiary/aromatic N) is 3. The van der Waals surface area contributed by atoms with E-state index in [1.165, 1.54) is 10.9 Å². The third kappa shape index (κ3) is 1.56. The molecular weight excluding hydrogens is 185 g/mol. The molecule has 2 rings (SSSR count). The van der Waals surface area contributed by atoms with Gasteiger partial charge in [-0.05, 0) is 12.1 Å². The van der Waals surface area contributed by atoms with E-state index in [0.717, 1.165) is 6.20 Å². The van der Waals surface area contributed by atoms with E-state index in [1.807, 2.05) is 0 Å². The summed E-state index contributed by atoms with van der Waals surface area (Å²) >= 11 is 0. The van der Waals surface area contributed by atoms with Crippen molar-refractivity contribution in [2.24, 2.45) is 0 Å². The maximum absolute atomic E-state index is 12.6. The van der Waals surface area contributed by atoms with E-state index in [2.05, 4.69) is 10.1 Å². The van der Waals surface area contributed by atoms with Crippen LogP contribution in [0.25, 0.3) is 5.82 Å². The minimum Gasteiger partial charge on any atom is -0.495 e. The maximum Gasteiger partial charge on any atom is 0.161 e. The highest BCUT2D eigenvalue weighted by Crippen LogP contribution is 2.10. The first kappa shape index (κ1) is 8.68. The molecule has 2 aromatic heterocycles. The van der Waals surface area contributed by atoms with Gasteiger partial charge in [0.15, 0.2) is 11.6 Å². The lowest BCUT2D eigenvalue weighted by Gasteiger charge is -2.01. The van der Waals surface area contributed by atoms with Gasteiger partial charge in [0.25, 0.3) is 0 Å². The predicted octanol–water partition coefficient (Wildman–Crippen LogP) is 1.41. The molecule has 72 valence electrons. The van der Waals surface area contributed by atoms with Gasteiger partial charge in [-0.15, -0.1) is 0 Å². The molecule has 0 atom stereocenters. The van der Waals surface area contributed by atoms with Crippen LogP contribution < -0.4 is 4.74 Å². The Morgan fingerprint density at radius 1 is 1.36 bits per heavy atom. The first-order chi connectivity index (χ1) is 6.79. The van der Waals surface area contributed by atoms with Crippen LogP contribution in [0.4, 0.5) is 4.39 Å². The second-order valence-corrected chi connectivity index (χ2v) is 2.66. The topological polar surface area (TPSA) is 39.9 Å². The summed E-state index contributed by atoms with van der Waals surface area (Å²) < 4.78 is 18.9. The zero-order chi connectivity index (χ0) is 9.97. The molecule has 0 aliphatic carbocycles. The molecule has 0 N–H and O–H groups in total. The van der Waals surface area contributed by atoms with Gasteiger partial charge in [0.2, 0.25) is 0 Å². The van der Waals surface area contributed by atoms with Crippen LogP contribution in [-0.4, -0.2) is 21.9 Å². The molecule has 0 saturated carbocycles. The summed E-state index contributed by atoms with van der Waals surface area (Å²) in [5.41, 5.74) is 0. The molecule has 0 bridgehead atoms. The number of halogens is 1. The summed E-state index contributed by atoms with van der Waals surface area (Å²) in [6, 6.07) is 3.44. The Balaban J connectivity index is 2.33. The van der Waals surface area contributed by atoms with E-state index in [0.29, 0.717) is 11.6 Å². The van der Waals surface area contributed by atoms with E-state index < -0.39 is 0 Å². The molecule has 0 fully saturated rings. The van der Waals surface area contributed by atoms with Crippen molar-refractivity contribution >= 4 is 0 Å². The zero-order valence-electron chi connectivity index (χ0n) is 7.51. The summed E-state index contributed by atoms with van der Waals surface area (Å²) in [4.78, 5) is 4.04. The molecule has 0 radical (unpaired) electrons. The number of rotatable bonds is 2. The smallest absolute Gasteiger partial charge is 0.161 e. The van der Waals surface area contributed by atoms with Crippen molar-refractivity contribution in [3.05, 3.63) is 36.5 Å². The van der Waals surface area contributed by atoms with Crippen molar-refractivity contribution in [3.63, 3.8) is 0 Å². The second-order valence-electron chi connectivity index (χ2n) is 2.66. The number of hydrogen-bond donors (Lipinski definition) is 0. The van der Waals surface area contributed by atoms with Crippen molar-refractivity contribution in [3.8, 4) is 11.6 Å². The summed E-state index contributed by atoms with van der Waals surface area (Å²) in [5, 5.41) is 3.78. The average molecular weight is 193 g/mol. The Labute approximate surface area is 80.0 Å². The van der Waals surface area contributed by atoms with Crippen molar-refractivity contribution in [1.82, 2.24) is 14.8 Å². The minimum absolute atomic E-state index is 0.386. The largest absolute Gasteiger partial charge is 0.495 e. The first-order valence-corrected chi connectivity index (χ1v) is 4.00. The van der Waals surface area contributed by atoms with Crippen molar-refractivity contribution in [2.75, 3.05) is 7.11 Å². The first-order valence-electron chi connectivity index (χ1n) is 4.00. The lowest BCUT2D eigenvalue weighted by atomic mass is 10.4. The Morgan fingerprint density at radius 3 is 2.71 bits per heavy atom. The van der Waals surface area contributed by atoms with Gasteiger partial charge in [-0.1, -0.05) is 0 Å². The molecule has 2 aromatic rings. The summed E-state index contributed by atoms with van der Waals surface area (Å²) in [6.45, 7) is 0. The molecule has 0 aliphatic rings. The van der Waals surface area contributed by atoms with Crippen LogP contribution >= 0.6 is 0 Å². The highest BCUT2D eigenvalue weighted by atomic mass is 19.1. The van der Waals surface area contributed by atoms with E-state index in [4.69, 9.17) is 4.74 Å². The maximum atomic E-state index is 12.6. The molecule has 4 nitrogen and oxygen atoms in total. The van der Waals surface area contributed by atoms with Crippen LogP contribution in [0.1, 0.15) is 0 Å². The molecule has 14 heavy (non-hydrogen) atoms. The second kappa shape index (κ2) is 3.45. The normalized spacial score (nSPS) is 10.1. The highest BCUT2D eigenvalue weighted by molar-refractivity contribution is 5.27. The SMILES string of the molecule is COc1ccc(-n2cc(F)cn2)nc1. The number of hydrogen-bond acceptors (Lipinski definition) is 3. The molecule has 0 amide bonds. The number of aromatic nitrogens is 3. The van der Waals surface area contributed by atoms with E-state index >= 15 is 0 Å². The van der Waals surface area contributed by atoms with Crippen molar-refractivity contribution < 1.29 is 9.13 Å². The lowest BCUT2D eigenvalue weighted by Crippen LogP contribution is -1.97. The standard InChI is InChI=1S/C9H8FN3O/c1-14-8-2-3-9(11-5-8)13-6-7(10)4-12-13/h2-6H,1H3. The molecular formula is C9H8FN3O. The summed E-state index contributed by atoms with van der Waals surface area (Å²) in [5.74, 6) is 0.818. The average Bonchev–Trinajstić information content (AvgIpc) is 2.65. The van der Waals surface area contributed by atoms with Crippen molar-refractivity contribution in [1.29, 1.82) is 0 Å². The molecule has 0 unspecified atom stereocenters. The van der Waals surface area contributed by atoms with Crippen LogP contribution in [0.15, 0.2) is 30.7 Å². The molecule has 0 saturated heterocycles. The van der Waals surface area contributed by atoms with Gasteiger partial charge in [0.1, 0.15) is 5.75 Å². The third-order valence-corrected chi connectivity index (χ3v) is 1.74. The quantitative estimate of drug-likeness (QED) is 0.724. The van der Waals surface area contributed by atoms with Gasteiger partial charge in [0.05, 0.1) is 25.7 Å². The lowest BCUT2D eigenvalue weighted by molar-refractivity contribution is 0.412. The molecule has 0 aliphatic heterocycles. The van der Waals surface area contributed by atoms with Crippen LogP contribution in [0.2, 0.25) is 0 Å². The molecule has 0 spiro atoms. The van der Waals surface area contributed by atoms with Gasteiger partial charge in [0, 0.05) is 0 Å². The van der Waals surface area contributed by atoms with E-state index in [9.17, 15) is 4.39 Å². The van der Waals surface area contributed by atoms with Crippen LogP contribution in [0, 0.1) is 5.82 Å².